The van der Waals surface area contributed by atoms with Crippen LogP contribution in [0.3, 0.4) is 0 Å². The van der Waals surface area contributed by atoms with Gasteiger partial charge in [-0.05, 0) is 55.1 Å². The van der Waals surface area contributed by atoms with Crippen LogP contribution in [0.15, 0.2) is 67.3 Å². The molecule has 168 valence electrons. The molecule has 32 heavy (non-hydrogen) atoms. The van der Waals surface area contributed by atoms with Crippen molar-refractivity contribution in [2.75, 3.05) is 0 Å². The SMILES string of the molecule is C=CCCc1c(-c2cccc(CC)c2)c(-c2ccccc2)nn1CC1CCC(CC)CC1. The Morgan fingerprint density at radius 1 is 0.938 bits per heavy atom. The van der Waals surface area contributed by atoms with Crippen molar-refractivity contribution in [1.29, 1.82) is 0 Å². The number of hydrogen-bond acceptors (Lipinski definition) is 1. The maximum Gasteiger partial charge on any atom is 0.100 e. The molecule has 1 saturated carbocycles. The largest absolute Gasteiger partial charge is 0.268 e. The van der Waals surface area contributed by atoms with E-state index in [0.717, 1.165) is 43.3 Å². The van der Waals surface area contributed by atoms with E-state index < -0.39 is 0 Å². The van der Waals surface area contributed by atoms with Gasteiger partial charge >= 0.3 is 0 Å². The minimum atomic E-state index is 0.735. The van der Waals surface area contributed by atoms with Crippen molar-refractivity contribution in [2.45, 2.75) is 71.8 Å². The van der Waals surface area contributed by atoms with E-state index in [0.29, 0.717) is 0 Å². The Balaban J connectivity index is 1.78. The molecule has 0 atom stereocenters. The van der Waals surface area contributed by atoms with Crippen LogP contribution in [0.5, 0.6) is 0 Å². The molecule has 1 aliphatic carbocycles. The van der Waals surface area contributed by atoms with Crippen molar-refractivity contribution in [3.05, 3.63) is 78.5 Å². The molecule has 2 nitrogen and oxygen atoms in total. The molecule has 0 spiro atoms. The molecule has 1 aliphatic rings. The van der Waals surface area contributed by atoms with E-state index in [4.69, 9.17) is 5.10 Å². The maximum absolute atomic E-state index is 5.28. The van der Waals surface area contributed by atoms with Crippen LogP contribution in [0.25, 0.3) is 22.4 Å². The Kier molecular flexibility index (Phi) is 7.63. The average Bonchev–Trinajstić information content (AvgIpc) is 3.21. The highest BCUT2D eigenvalue weighted by molar-refractivity contribution is 5.83. The molecule has 0 saturated heterocycles. The Hall–Kier alpha value is -2.61. The number of aryl methyl sites for hydroxylation is 1. The summed E-state index contributed by atoms with van der Waals surface area (Å²) in [7, 11) is 0. The second kappa shape index (κ2) is 10.8. The number of hydrogen-bond donors (Lipinski definition) is 0. The molecular formula is C30H38N2. The van der Waals surface area contributed by atoms with E-state index >= 15 is 0 Å². The molecule has 3 aromatic rings. The van der Waals surface area contributed by atoms with Gasteiger partial charge in [-0.25, -0.2) is 0 Å². The average molecular weight is 427 g/mol. The van der Waals surface area contributed by atoms with E-state index in [-0.39, 0.29) is 0 Å². The molecule has 0 unspecified atom stereocenters. The van der Waals surface area contributed by atoms with E-state index in [1.807, 2.05) is 6.08 Å². The minimum Gasteiger partial charge on any atom is -0.268 e. The molecule has 2 heteroatoms. The van der Waals surface area contributed by atoms with Crippen LogP contribution in [0.4, 0.5) is 0 Å². The van der Waals surface area contributed by atoms with Gasteiger partial charge in [0.05, 0.1) is 0 Å². The van der Waals surface area contributed by atoms with Crippen LogP contribution in [-0.4, -0.2) is 9.78 Å². The number of aromatic nitrogens is 2. The van der Waals surface area contributed by atoms with Gasteiger partial charge < -0.3 is 0 Å². The maximum atomic E-state index is 5.28. The lowest BCUT2D eigenvalue weighted by Gasteiger charge is -2.28. The van der Waals surface area contributed by atoms with Gasteiger partial charge in [0.15, 0.2) is 0 Å². The van der Waals surface area contributed by atoms with Gasteiger partial charge in [-0.15, -0.1) is 6.58 Å². The summed E-state index contributed by atoms with van der Waals surface area (Å²) >= 11 is 0. The Labute approximate surface area is 194 Å². The van der Waals surface area contributed by atoms with Gasteiger partial charge in [-0.2, -0.15) is 5.10 Å². The first-order valence-electron chi connectivity index (χ1n) is 12.6. The highest BCUT2D eigenvalue weighted by Gasteiger charge is 2.25. The van der Waals surface area contributed by atoms with Crippen molar-refractivity contribution in [2.24, 2.45) is 11.8 Å². The van der Waals surface area contributed by atoms with Gasteiger partial charge in [0, 0.05) is 23.4 Å². The molecule has 1 aromatic heterocycles. The fraction of sp³-hybridized carbons (Fsp3) is 0.433. The van der Waals surface area contributed by atoms with Crippen LogP contribution in [0.1, 0.15) is 63.6 Å². The zero-order valence-corrected chi connectivity index (χ0v) is 19.9. The molecule has 0 amide bonds. The fourth-order valence-corrected chi connectivity index (χ4v) is 5.26. The molecular weight excluding hydrogens is 388 g/mol. The summed E-state index contributed by atoms with van der Waals surface area (Å²) in [5.74, 6) is 1.66. The normalized spacial score (nSPS) is 18.6. The lowest BCUT2D eigenvalue weighted by atomic mass is 9.81. The van der Waals surface area contributed by atoms with Crippen molar-refractivity contribution in [3.63, 3.8) is 0 Å². The van der Waals surface area contributed by atoms with Gasteiger partial charge in [0.2, 0.25) is 0 Å². The summed E-state index contributed by atoms with van der Waals surface area (Å²) in [5, 5.41) is 5.28. The molecule has 1 heterocycles. The zero-order valence-electron chi connectivity index (χ0n) is 19.9. The Morgan fingerprint density at radius 3 is 2.34 bits per heavy atom. The lowest BCUT2D eigenvalue weighted by Crippen LogP contribution is -2.20. The smallest absolute Gasteiger partial charge is 0.100 e. The van der Waals surface area contributed by atoms with Crippen molar-refractivity contribution in [1.82, 2.24) is 9.78 Å². The van der Waals surface area contributed by atoms with Gasteiger partial charge in [0.25, 0.3) is 0 Å². The first-order chi connectivity index (χ1) is 15.7. The van der Waals surface area contributed by atoms with Crippen LogP contribution in [0.2, 0.25) is 0 Å². The van der Waals surface area contributed by atoms with E-state index in [1.165, 1.54) is 60.1 Å². The summed E-state index contributed by atoms with van der Waals surface area (Å²) in [6, 6.07) is 19.8. The van der Waals surface area contributed by atoms with Crippen LogP contribution < -0.4 is 0 Å². The standard InChI is InChI=1S/C30H38N2/c1-4-7-16-28-29(27-15-11-12-24(6-3)21-27)30(26-13-9-8-10-14-26)31-32(28)22-25-19-17-23(5-2)18-20-25/h4,8-15,21,23,25H,1,5-7,16-20,22H2,2-3H3. The lowest BCUT2D eigenvalue weighted by molar-refractivity contribution is 0.240. The molecule has 0 bridgehead atoms. The summed E-state index contributed by atoms with van der Waals surface area (Å²) in [4.78, 5) is 0. The molecule has 0 N–H and O–H groups in total. The minimum absolute atomic E-state index is 0.735. The first-order valence-corrected chi connectivity index (χ1v) is 12.6. The van der Waals surface area contributed by atoms with E-state index in [2.05, 4.69) is 79.7 Å². The third kappa shape index (κ3) is 5.06. The predicted octanol–water partition coefficient (Wildman–Crippen LogP) is 8.11. The highest BCUT2D eigenvalue weighted by Crippen LogP contribution is 2.38. The monoisotopic (exact) mass is 426 g/mol. The summed E-state index contributed by atoms with van der Waals surface area (Å²) in [6.45, 7) is 9.61. The van der Waals surface area contributed by atoms with E-state index in [9.17, 15) is 0 Å². The molecule has 0 aliphatic heterocycles. The summed E-state index contributed by atoms with van der Waals surface area (Å²) < 4.78 is 2.36. The quantitative estimate of drug-likeness (QED) is 0.316. The second-order valence-electron chi connectivity index (χ2n) is 9.39. The molecule has 0 radical (unpaired) electrons. The third-order valence-corrected chi connectivity index (χ3v) is 7.29. The van der Waals surface area contributed by atoms with Crippen molar-refractivity contribution < 1.29 is 0 Å². The fourth-order valence-electron chi connectivity index (χ4n) is 5.26. The second-order valence-corrected chi connectivity index (χ2v) is 9.39. The van der Waals surface area contributed by atoms with Gasteiger partial charge in [-0.1, -0.05) is 93.8 Å². The molecule has 1 fully saturated rings. The first kappa shape index (κ1) is 22.6. The highest BCUT2D eigenvalue weighted by atomic mass is 15.3. The molecule has 2 aromatic carbocycles. The van der Waals surface area contributed by atoms with E-state index in [1.54, 1.807) is 0 Å². The van der Waals surface area contributed by atoms with Crippen LogP contribution in [0, 0.1) is 11.8 Å². The number of allylic oxidation sites excluding steroid dienone is 1. The van der Waals surface area contributed by atoms with Crippen molar-refractivity contribution in [3.8, 4) is 22.4 Å². The number of nitrogens with zero attached hydrogens (tertiary/aromatic N) is 2. The van der Waals surface area contributed by atoms with Gasteiger partial charge in [-0.3, -0.25) is 4.68 Å². The summed E-state index contributed by atoms with van der Waals surface area (Å²) in [6.07, 6.45) is 11.8. The zero-order chi connectivity index (χ0) is 22.3. The third-order valence-electron chi connectivity index (χ3n) is 7.29. The summed E-state index contributed by atoms with van der Waals surface area (Å²) in [5.41, 5.74) is 7.69. The topological polar surface area (TPSA) is 17.8 Å². The van der Waals surface area contributed by atoms with Crippen LogP contribution in [-0.2, 0) is 19.4 Å². The predicted molar refractivity (Wildman–Crippen MR) is 137 cm³/mol. The number of benzene rings is 2. The van der Waals surface area contributed by atoms with Gasteiger partial charge in [0.1, 0.15) is 5.69 Å². The Morgan fingerprint density at radius 2 is 1.66 bits per heavy atom. The van der Waals surface area contributed by atoms with Crippen LogP contribution >= 0.6 is 0 Å². The van der Waals surface area contributed by atoms with Crippen molar-refractivity contribution >= 4 is 0 Å². The molecule has 4 rings (SSSR count). The Bertz CT molecular complexity index is 1010. The number of rotatable bonds is 9.